The average Bonchev–Trinajstić information content (AvgIpc) is 3.05. The monoisotopic (exact) mass is 647 g/mol. The first kappa shape index (κ1) is 33.6. The van der Waals surface area contributed by atoms with Gasteiger partial charge in [-0.2, -0.15) is 0 Å². The van der Waals surface area contributed by atoms with Crippen LogP contribution >= 0.6 is 11.6 Å². The highest BCUT2D eigenvalue weighted by Gasteiger charge is 2.34. The summed E-state index contributed by atoms with van der Waals surface area (Å²) in [5, 5.41) is 3.38. The molecule has 0 spiro atoms. The molecule has 1 atom stereocenters. The summed E-state index contributed by atoms with van der Waals surface area (Å²) in [7, 11) is -2.65. The van der Waals surface area contributed by atoms with Gasteiger partial charge in [0.2, 0.25) is 11.8 Å². The molecule has 0 bridgehead atoms. The van der Waals surface area contributed by atoms with Gasteiger partial charge in [0.15, 0.2) is 0 Å². The molecule has 45 heavy (non-hydrogen) atoms. The van der Waals surface area contributed by atoms with Gasteiger partial charge in [-0.1, -0.05) is 86.1 Å². The van der Waals surface area contributed by atoms with Crippen molar-refractivity contribution in [3.05, 3.63) is 125 Å². The molecule has 0 saturated heterocycles. The molecule has 0 fully saturated rings. The fraction of sp³-hybridized carbons (Fsp3) is 0.257. The molecule has 4 aromatic rings. The van der Waals surface area contributed by atoms with Gasteiger partial charge in [-0.15, -0.1) is 0 Å². The fourth-order valence-corrected chi connectivity index (χ4v) is 6.34. The number of rotatable bonds is 14. The minimum Gasteiger partial charge on any atom is -0.497 e. The van der Waals surface area contributed by atoms with E-state index in [1.165, 1.54) is 29.2 Å². The SMILES string of the molecule is COc1cccc(CN(C(=O)CN(c2ccccc2)S(=O)(=O)c2ccc(Cl)cc2)[C@@H](Cc2ccccc2)C(=O)NCC(C)C)c1. The van der Waals surface area contributed by atoms with Crippen molar-refractivity contribution in [3.8, 4) is 5.75 Å². The van der Waals surface area contributed by atoms with Crippen molar-refractivity contribution >= 4 is 39.1 Å². The summed E-state index contributed by atoms with van der Waals surface area (Å²) in [6.45, 7) is 3.91. The molecule has 1 N–H and O–H groups in total. The molecule has 2 amide bonds. The number of halogens is 1. The first-order valence-electron chi connectivity index (χ1n) is 14.7. The Balaban J connectivity index is 1.79. The molecular weight excluding hydrogens is 610 g/mol. The van der Waals surface area contributed by atoms with Crippen LogP contribution in [0.4, 0.5) is 5.69 Å². The zero-order chi connectivity index (χ0) is 32.4. The van der Waals surface area contributed by atoms with Crippen LogP contribution in [-0.2, 0) is 32.6 Å². The van der Waals surface area contributed by atoms with Crippen LogP contribution < -0.4 is 14.4 Å². The Morgan fingerprint density at radius 3 is 2.09 bits per heavy atom. The van der Waals surface area contributed by atoms with Gasteiger partial charge < -0.3 is 15.0 Å². The second kappa shape index (κ2) is 15.6. The molecule has 8 nitrogen and oxygen atoms in total. The largest absolute Gasteiger partial charge is 0.497 e. The molecule has 4 rings (SSSR count). The molecule has 0 unspecified atom stereocenters. The van der Waals surface area contributed by atoms with E-state index < -0.39 is 28.5 Å². The number of amides is 2. The van der Waals surface area contributed by atoms with Crippen molar-refractivity contribution in [2.45, 2.75) is 37.8 Å². The van der Waals surface area contributed by atoms with E-state index in [1.807, 2.05) is 56.3 Å². The van der Waals surface area contributed by atoms with E-state index in [2.05, 4.69) is 5.32 Å². The van der Waals surface area contributed by atoms with Gasteiger partial charge in [-0.3, -0.25) is 13.9 Å². The fourth-order valence-electron chi connectivity index (χ4n) is 4.80. The molecule has 0 saturated carbocycles. The smallest absolute Gasteiger partial charge is 0.264 e. The topological polar surface area (TPSA) is 96.0 Å². The normalized spacial score (nSPS) is 11.9. The Bertz CT molecular complexity index is 1670. The lowest BCUT2D eigenvalue weighted by atomic mass is 10.0. The lowest BCUT2D eigenvalue weighted by Gasteiger charge is -2.34. The number of methoxy groups -OCH3 is 1. The standard InChI is InChI=1S/C35H38ClN3O5S/c1-26(2)23-37-35(41)33(22-27-11-6-4-7-12-27)38(24-28-13-10-16-31(21-28)44-3)34(40)25-39(30-14-8-5-9-15-30)45(42,43)32-19-17-29(36)18-20-32/h4-21,26,33H,22-25H2,1-3H3,(H,37,41)/t33-/m0/s1. The zero-order valence-corrected chi connectivity index (χ0v) is 27.2. The van der Waals surface area contributed by atoms with Crippen molar-refractivity contribution in [1.82, 2.24) is 10.2 Å². The van der Waals surface area contributed by atoms with Crippen LogP contribution in [0.2, 0.25) is 5.02 Å². The summed E-state index contributed by atoms with van der Waals surface area (Å²) in [6, 6.07) is 30.0. The van der Waals surface area contributed by atoms with Gasteiger partial charge in [0.25, 0.3) is 10.0 Å². The minimum atomic E-state index is -4.20. The van der Waals surface area contributed by atoms with Crippen LogP contribution in [-0.4, -0.2) is 51.4 Å². The maximum absolute atomic E-state index is 14.5. The summed E-state index contributed by atoms with van der Waals surface area (Å²) in [4.78, 5) is 29.8. The molecule has 236 valence electrons. The maximum Gasteiger partial charge on any atom is 0.264 e. The number of sulfonamides is 1. The van der Waals surface area contributed by atoms with E-state index in [1.54, 1.807) is 49.6 Å². The molecule has 4 aromatic carbocycles. The molecule has 0 aliphatic rings. The van der Waals surface area contributed by atoms with Crippen LogP contribution in [0.15, 0.2) is 114 Å². The Morgan fingerprint density at radius 1 is 0.844 bits per heavy atom. The van der Waals surface area contributed by atoms with Crippen LogP contribution in [0.1, 0.15) is 25.0 Å². The third-order valence-electron chi connectivity index (χ3n) is 7.17. The number of nitrogens with one attached hydrogen (secondary N) is 1. The average molecular weight is 648 g/mol. The predicted octanol–water partition coefficient (Wildman–Crippen LogP) is 5.96. The first-order valence-corrected chi connectivity index (χ1v) is 16.5. The summed E-state index contributed by atoms with van der Waals surface area (Å²) >= 11 is 6.04. The van der Waals surface area contributed by atoms with E-state index >= 15 is 0 Å². The van der Waals surface area contributed by atoms with Crippen LogP contribution in [0, 0.1) is 5.92 Å². The van der Waals surface area contributed by atoms with Crippen molar-refractivity contribution in [1.29, 1.82) is 0 Å². The number of benzene rings is 4. The Morgan fingerprint density at radius 2 is 1.47 bits per heavy atom. The van der Waals surface area contributed by atoms with Gasteiger partial charge >= 0.3 is 0 Å². The highest BCUT2D eigenvalue weighted by Crippen LogP contribution is 2.26. The quantitative estimate of drug-likeness (QED) is 0.182. The van der Waals surface area contributed by atoms with Crippen molar-refractivity contribution in [2.24, 2.45) is 5.92 Å². The number of ether oxygens (including phenoxy) is 1. The number of nitrogens with zero attached hydrogens (tertiary/aromatic N) is 2. The third-order valence-corrected chi connectivity index (χ3v) is 9.21. The van der Waals surface area contributed by atoms with E-state index in [9.17, 15) is 18.0 Å². The lowest BCUT2D eigenvalue weighted by Crippen LogP contribution is -2.53. The van der Waals surface area contributed by atoms with Crippen LogP contribution in [0.3, 0.4) is 0 Å². The zero-order valence-electron chi connectivity index (χ0n) is 25.6. The van der Waals surface area contributed by atoms with Gasteiger partial charge in [0.1, 0.15) is 18.3 Å². The maximum atomic E-state index is 14.5. The minimum absolute atomic E-state index is 0.0154. The van der Waals surface area contributed by atoms with Crippen molar-refractivity contribution in [3.63, 3.8) is 0 Å². The molecular formula is C35H38ClN3O5S. The van der Waals surface area contributed by atoms with Crippen molar-refractivity contribution in [2.75, 3.05) is 24.5 Å². The molecule has 10 heteroatoms. The Labute approximate surface area is 270 Å². The van der Waals surface area contributed by atoms with Gasteiger partial charge in [0, 0.05) is 24.5 Å². The van der Waals surface area contributed by atoms with E-state index in [0.29, 0.717) is 23.0 Å². The van der Waals surface area contributed by atoms with Gasteiger partial charge in [-0.05, 0) is 65.6 Å². The highest BCUT2D eigenvalue weighted by atomic mass is 35.5. The lowest BCUT2D eigenvalue weighted by molar-refractivity contribution is -0.140. The molecule has 0 heterocycles. The Kier molecular flexibility index (Phi) is 11.6. The van der Waals surface area contributed by atoms with Crippen LogP contribution in [0.25, 0.3) is 0 Å². The summed E-state index contributed by atoms with van der Waals surface area (Å²) in [6.07, 6.45) is 0.232. The molecule has 0 aliphatic carbocycles. The molecule has 0 radical (unpaired) electrons. The summed E-state index contributed by atoms with van der Waals surface area (Å²) in [5.74, 6) is -0.0811. The number of hydrogen-bond donors (Lipinski definition) is 1. The summed E-state index contributed by atoms with van der Waals surface area (Å²) < 4.78 is 34.5. The molecule has 0 aromatic heterocycles. The van der Waals surface area contributed by atoms with Crippen molar-refractivity contribution < 1.29 is 22.7 Å². The number of anilines is 1. The number of hydrogen-bond acceptors (Lipinski definition) is 5. The first-order chi connectivity index (χ1) is 21.6. The Hall–Kier alpha value is -4.34. The predicted molar refractivity (Wildman–Crippen MR) is 178 cm³/mol. The summed E-state index contributed by atoms with van der Waals surface area (Å²) in [5.41, 5.74) is 1.90. The van der Waals surface area contributed by atoms with E-state index in [0.717, 1.165) is 15.4 Å². The number of carbonyl (C=O) groups excluding carboxylic acids is 2. The second-order valence-corrected chi connectivity index (χ2v) is 13.3. The molecule has 0 aliphatic heterocycles. The number of para-hydroxylation sites is 1. The number of carbonyl (C=O) groups is 2. The highest BCUT2D eigenvalue weighted by molar-refractivity contribution is 7.92. The van der Waals surface area contributed by atoms with Gasteiger partial charge in [0.05, 0.1) is 17.7 Å². The van der Waals surface area contributed by atoms with E-state index in [4.69, 9.17) is 16.3 Å². The third kappa shape index (κ3) is 9.09. The van der Waals surface area contributed by atoms with E-state index in [-0.39, 0.29) is 29.7 Å². The van der Waals surface area contributed by atoms with Gasteiger partial charge in [-0.25, -0.2) is 8.42 Å². The second-order valence-electron chi connectivity index (χ2n) is 11.0. The van der Waals surface area contributed by atoms with Crippen LogP contribution in [0.5, 0.6) is 5.75 Å².